The molecule has 10 heteroatoms. The van der Waals surface area contributed by atoms with Gasteiger partial charge in [0.05, 0.1) is 13.7 Å². The minimum Gasteiger partial charge on any atom is -0.496 e. The van der Waals surface area contributed by atoms with E-state index in [0.29, 0.717) is 11.4 Å². The standard InChI is InChI=1S/C16H15BrF3N3O2.HI/c1-24-14-7-2-11(17)8-10(14)9-22-15(21)23-12-3-5-13(6-4-12)25-16(18,19)20;/h2-8H,9H2,1H3,(H3,21,22,23);1H. The van der Waals surface area contributed by atoms with Crippen LogP contribution in [0.4, 0.5) is 18.9 Å². The summed E-state index contributed by atoms with van der Waals surface area (Å²) < 4.78 is 46.3. The molecular formula is C16H16BrF3IN3O2. The van der Waals surface area contributed by atoms with E-state index < -0.39 is 6.36 Å². The Morgan fingerprint density at radius 2 is 1.85 bits per heavy atom. The monoisotopic (exact) mass is 545 g/mol. The van der Waals surface area contributed by atoms with Crippen molar-refractivity contribution in [2.45, 2.75) is 12.9 Å². The van der Waals surface area contributed by atoms with Crippen molar-refractivity contribution in [1.29, 1.82) is 0 Å². The van der Waals surface area contributed by atoms with Crippen LogP contribution in [0.5, 0.6) is 11.5 Å². The predicted octanol–water partition coefficient (Wildman–Crippen LogP) is 4.90. The summed E-state index contributed by atoms with van der Waals surface area (Å²) in [7, 11) is 1.56. The number of guanidine groups is 1. The van der Waals surface area contributed by atoms with Crippen molar-refractivity contribution in [3.8, 4) is 11.5 Å². The summed E-state index contributed by atoms with van der Waals surface area (Å²) in [6.07, 6.45) is -4.72. The number of hydrogen-bond donors (Lipinski definition) is 2. The Morgan fingerprint density at radius 1 is 1.19 bits per heavy atom. The molecule has 0 aliphatic carbocycles. The zero-order chi connectivity index (χ0) is 18.4. The van der Waals surface area contributed by atoms with Crippen molar-refractivity contribution in [3.63, 3.8) is 0 Å². The molecule has 0 saturated carbocycles. The largest absolute Gasteiger partial charge is 0.573 e. The highest BCUT2D eigenvalue weighted by atomic mass is 127. The molecule has 26 heavy (non-hydrogen) atoms. The Balaban J connectivity index is 0.00000338. The van der Waals surface area contributed by atoms with Crippen LogP contribution in [0.2, 0.25) is 0 Å². The number of aliphatic imine (C=N–C) groups is 1. The van der Waals surface area contributed by atoms with Gasteiger partial charge < -0.3 is 20.5 Å². The molecule has 0 bridgehead atoms. The summed E-state index contributed by atoms with van der Waals surface area (Å²) in [6, 6.07) is 10.7. The molecule has 0 saturated heterocycles. The molecule has 0 heterocycles. The zero-order valence-corrected chi connectivity index (χ0v) is 17.4. The van der Waals surface area contributed by atoms with E-state index in [1.54, 1.807) is 13.2 Å². The third-order valence-electron chi connectivity index (χ3n) is 3.02. The van der Waals surface area contributed by atoms with E-state index in [9.17, 15) is 13.2 Å². The van der Waals surface area contributed by atoms with Gasteiger partial charge in [0.25, 0.3) is 0 Å². The Kier molecular flexibility index (Phi) is 8.47. The third kappa shape index (κ3) is 7.28. The predicted molar refractivity (Wildman–Crippen MR) is 108 cm³/mol. The number of alkyl halides is 3. The van der Waals surface area contributed by atoms with E-state index in [0.717, 1.165) is 10.0 Å². The number of benzene rings is 2. The first kappa shape index (κ1) is 22.4. The molecule has 0 amide bonds. The molecule has 0 unspecified atom stereocenters. The van der Waals surface area contributed by atoms with Crippen LogP contribution < -0.4 is 20.5 Å². The van der Waals surface area contributed by atoms with Crippen LogP contribution in [0.25, 0.3) is 0 Å². The summed E-state index contributed by atoms with van der Waals surface area (Å²) in [6.45, 7) is 0.275. The molecule has 5 nitrogen and oxygen atoms in total. The molecule has 0 atom stereocenters. The van der Waals surface area contributed by atoms with Crippen LogP contribution >= 0.6 is 39.9 Å². The number of methoxy groups -OCH3 is 1. The number of nitrogens with two attached hydrogens (primary N) is 1. The molecule has 0 fully saturated rings. The van der Waals surface area contributed by atoms with E-state index in [-0.39, 0.29) is 42.2 Å². The lowest BCUT2D eigenvalue weighted by atomic mass is 10.2. The van der Waals surface area contributed by atoms with E-state index in [1.165, 1.54) is 24.3 Å². The maximum absolute atomic E-state index is 12.1. The normalized spacial score (nSPS) is 11.5. The molecule has 0 aromatic heterocycles. The number of nitrogens with one attached hydrogen (secondary N) is 1. The van der Waals surface area contributed by atoms with Gasteiger partial charge in [0.2, 0.25) is 0 Å². The van der Waals surface area contributed by atoms with Crippen molar-refractivity contribution in [1.82, 2.24) is 0 Å². The first-order chi connectivity index (χ1) is 11.8. The van der Waals surface area contributed by atoms with Crippen molar-refractivity contribution < 1.29 is 22.6 Å². The smallest absolute Gasteiger partial charge is 0.496 e. The van der Waals surface area contributed by atoms with Crippen LogP contribution in [-0.2, 0) is 6.54 Å². The number of rotatable bonds is 5. The minimum atomic E-state index is -4.72. The molecule has 2 rings (SSSR count). The summed E-state index contributed by atoms with van der Waals surface area (Å²) in [4.78, 5) is 4.19. The van der Waals surface area contributed by atoms with Gasteiger partial charge in [-0.15, -0.1) is 37.1 Å². The number of anilines is 1. The van der Waals surface area contributed by atoms with Gasteiger partial charge in [-0.25, -0.2) is 4.99 Å². The summed E-state index contributed by atoms with van der Waals surface area (Å²) in [5.74, 6) is 0.479. The van der Waals surface area contributed by atoms with Gasteiger partial charge in [-0.3, -0.25) is 0 Å². The van der Waals surface area contributed by atoms with Crippen molar-refractivity contribution in [2.24, 2.45) is 10.7 Å². The highest BCUT2D eigenvalue weighted by Crippen LogP contribution is 2.25. The fourth-order valence-electron chi connectivity index (χ4n) is 1.97. The van der Waals surface area contributed by atoms with Crippen LogP contribution in [0.1, 0.15) is 5.56 Å². The first-order valence-electron chi connectivity index (χ1n) is 7.02. The fraction of sp³-hybridized carbons (Fsp3) is 0.188. The lowest BCUT2D eigenvalue weighted by molar-refractivity contribution is -0.274. The summed E-state index contributed by atoms with van der Waals surface area (Å²) >= 11 is 3.37. The molecule has 3 N–H and O–H groups in total. The number of nitrogens with zero attached hydrogens (tertiary/aromatic N) is 1. The van der Waals surface area contributed by atoms with E-state index in [1.807, 2.05) is 12.1 Å². The average molecular weight is 546 g/mol. The quantitative estimate of drug-likeness (QED) is 0.318. The minimum absolute atomic E-state index is 0. The number of hydrogen-bond acceptors (Lipinski definition) is 3. The van der Waals surface area contributed by atoms with Crippen LogP contribution in [-0.4, -0.2) is 19.4 Å². The van der Waals surface area contributed by atoms with E-state index in [4.69, 9.17) is 10.5 Å². The van der Waals surface area contributed by atoms with Gasteiger partial charge in [-0.1, -0.05) is 15.9 Å². The Bertz CT molecular complexity index is 755. The molecule has 0 radical (unpaired) electrons. The summed E-state index contributed by atoms with van der Waals surface area (Å²) in [5.41, 5.74) is 7.11. The van der Waals surface area contributed by atoms with Crippen LogP contribution in [0.15, 0.2) is 51.9 Å². The van der Waals surface area contributed by atoms with Crippen LogP contribution in [0.3, 0.4) is 0 Å². The molecule has 2 aromatic carbocycles. The van der Waals surface area contributed by atoms with Crippen LogP contribution in [0, 0.1) is 0 Å². The molecule has 0 spiro atoms. The number of ether oxygens (including phenoxy) is 2. The molecule has 0 aliphatic rings. The molecule has 142 valence electrons. The summed E-state index contributed by atoms with van der Waals surface area (Å²) in [5, 5.41) is 2.79. The highest BCUT2D eigenvalue weighted by Gasteiger charge is 2.30. The topological polar surface area (TPSA) is 68.9 Å². The van der Waals surface area contributed by atoms with Gasteiger partial charge in [0.15, 0.2) is 5.96 Å². The van der Waals surface area contributed by atoms with Crippen molar-refractivity contribution in [3.05, 3.63) is 52.5 Å². The second-order valence-electron chi connectivity index (χ2n) is 4.85. The van der Waals surface area contributed by atoms with Gasteiger partial charge in [-0.05, 0) is 42.5 Å². The zero-order valence-electron chi connectivity index (χ0n) is 13.5. The van der Waals surface area contributed by atoms with Crippen molar-refractivity contribution in [2.75, 3.05) is 12.4 Å². The first-order valence-corrected chi connectivity index (χ1v) is 7.81. The fourth-order valence-corrected chi connectivity index (χ4v) is 2.38. The van der Waals surface area contributed by atoms with Gasteiger partial charge in [-0.2, -0.15) is 0 Å². The lowest BCUT2D eigenvalue weighted by Gasteiger charge is -2.10. The SMILES string of the molecule is COc1ccc(Br)cc1CN=C(N)Nc1ccc(OC(F)(F)F)cc1.I. The maximum Gasteiger partial charge on any atom is 0.573 e. The van der Waals surface area contributed by atoms with Gasteiger partial charge >= 0.3 is 6.36 Å². The Morgan fingerprint density at radius 3 is 2.42 bits per heavy atom. The van der Waals surface area contributed by atoms with Crippen molar-refractivity contribution >= 4 is 51.6 Å². The van der Waals surface area contributed by atoms with Gasteiger partial charge in [0, 0.05) is 15.7 Å². The second-order valence-corrected chi connectivity index (χ2v) is 5.77. The highest BCUT2D eigenvalue weighted by molar-refractivity contribution is 14.0. The number of halogens is 5. The van der Waals surface area contributed by atoms with E-state index in [2.05, 4.69) is 31.0 Å². The Hall–Kier alpha value is -1.69. The molecule has 2 aromatic rings. The average Bonchev–Trinajstić information content (AvgIpc) is 2.53. The van der Waals surface area contributed by atoms with E-state index >= 15 is 0 Å². The third-order valence-corrected chi connectivity index (χ3v) is 3.52. The molecule has 0 aliphatic heterocycles. The van der Waals surface area contributed by atoms with Gasteiger partial charge in [0.1, 0.15) is 11.5 Å². The lowest BCUT2D eigenvalue weighted by Crippen LogP contribution is -2.22. The molecular weight excluding hydrogens is 530 g/mol. The maximum atomic E-state index is 12.1. The Labute approximate surface area is 173 Å². The second kappa shape index (κ2) is 9.86.